The van der Waals surface area contributed by atoms with E-state index in [4.69, 9.17) is 9.84 Å². The van der Waals surface area contributed by atoms with E-state index in [1.165, 1.54) is 13.1 Å². The van der Waals surface area contributed by atoms with Gasteiger partial charge in [-0.25, -0.2) is 10.2 Å². The van der Waals surface area contributed by atoms with Crippen molar-refractivity contribution in [1.29, 1.82) is 0 Å². The summed E-state index contributed by atoms with van der Waals surface area (Å²) in [7, 11) is 0. The molecule has 2 aromatic carbocycles. The van der Waals surface area contributed by atoms with Crippen LogP contribution in [0.2, 0.25) is 0 Å². The summed E-state index contributed by atoms with van der Waals surface area (Å²) >= 11 is 0. The molecule has 3 rings (SSSR count). The number of carbonyl (C=O) groups is 2. The molecule has 1 amide bonds. The van der Waals surface area contributed by atoms with E-state index >= 15 is 0 Å². The van der Waals surface area contributed by atoms with Crippen molar-refractivity contribution in [2.45, 2.75) is 13.0 Å². The van der Waals surface area contributed by atoms with Gasteiger partial charge in [-0.3, -0.25) is 4.79 Å². The number of rotatable bonds is 7. The lowest BCUT2D eigenvalue weighted by atomic mass is 10.1. The highest BCUT2D eigenvalue weighted by molar-refractivity contribution is 5.98. The lowest BCUT2D eigenvalue weighted by Crippen LogP contribution is -2.22. The fourth-order valence-electron chi connectivity index (χ4n) is 2.50. The predicted molar refractivity (Wildman–Crippen MR) is 105 cm³/mol. The molecule has 0 radical (unpaired) electrons. The SMILES string of the molecule is C[C@H](Oc1ccc(/C=N\NC(=O)c2ccccc2-n2cccc2)cc1)C(=O)O. The molecule has 1 heterocycles. The van der Waals surface area contributed by atoms with Crippen molar-refractivity contribution in [2.75, 3.05) is 0 Å². The number of hydrogen-bond acceptors (Lipinski definition) is 4. The number of ether oxygens (including phenoxy) is 1. The maximum absolute atomic E-state index is 12.5. The van der Waals surface area contributed by atoms with Crippen molar-refractivity contribution < 1.29 is 19.4 Å². The third kappa shape index (κ3) is 4.64. The minimum Gasteiger partial charge on any atom is -0.479 e. The fraction of sp³-hybridized carbons (Fsp3) is 0.0952. The van der Waals surface area contributed by atoms with Crippen molar-refractivity contribution in [2.24, 2.45) is 5.10 Å². The van der Waals surface area contributed by atoms with Gasteiger partial charge in [0.2, 0.25) is 0 Å². The average Bonchev–Trinajstić information content (AvgIpc) is 3.24. The molecule has 0 unspecified atom stereocenters. The quantitative estimate of drug-likeness (QED) is 0.489. The molecule has 3 aromatic rings. The molecule has 0 spiro atoms. The van der Waals surface area contributed by atoms with E-state index < -0.39 is 12.1 Å². The number of aliphatic carboxylic acids is 1. The zero-order valence-electron chi connectivity index (χ0n) is 15.1. The first-order valence-electron chi connectivity index (χ1n) is 8.60. The summed E-state index contributed by atoms with van der Waals surface area (Å²) in [6.45, 7) is 1.46. The molecule has 7 heteroatoms. The number of amides is 1. The van der Waals surface area contributed by atoms with Gasteiger partial charge in [0.05, 0.1) is 17.5 Å². The molecule has 2 N–H and O–H groups in total. The van der Waals surface area contributed by atoms with Gasteiger partial charge in [-0.1, -0.05) is 12.1 Å². The van der Waals surface area contributed by atoms with Gasteiger partial charge >= 0.3 is 5.97 Å². The van der Waals surface area contributed by atoms with Crippen LogP contribution in [-0.2, 0) is 4.79 Å². The molecule has 0 aliphatic carbocycles. The Balaban J connectivity index is 1.64. The summed E-state index contributed by atoms with van der Waals surface area (Å²) < 4.78 is 7.12. The van der Waals surface area contributed by atoms with Crippen LogP contribution in [0.5, 0.6) is 5.75 Å². The second kappa shape index (κ2) is 8.68. The van der Waals surface area contributed by atoms with Gasteiger partial charge in [0.15, 0.2) is 6.10 Å². The molecule has 7 nitrogen and oxygen atoms in total. The zero-order valence-corrected chi connectivity index (χ0v) is 15.1. The Hall–Kier alpha value is -3.87. The van der Waals surface area contributed by atoms with E-state index in [1.807, 2.05) is 41.2 Å². The molecule has 0 fully saturated rings. The first kappa shape index (κ1) is 18.9. The summed E-state index contributed by atoms with van der Waals surface area (Å²) in [6.07, 6.45) is 4.30. The van der Waals surface area contributed by atoms with E-state index in [0.29, 0.717) is 11.3 Å². The highest BCUT2D eigenvalue weighted by Crippen LogP contribution is 2.15. The number of nitrogens with zero attached hydrogens (tertiary/aromatic N) is 2. The van der Waals surface area contributed by atoms with Crippen molar-refractivity contribution in [3.63, 3.8) is 0 Å². The minimum atomic E-state index is -1.03. The van der Waals surface area contributed by atoms with Gasteiger partial charge in [-0.05, 0) is 61.0 Å². The number of para-hydroxylation sites is 1. The average molecular weight is 377 g/mol. The lowest BCUT2D eigenvalue weighted by molar-refractivity contribution is -0.144. The minimum absolute atomic E-state index is 0.323. The molecule has 0 saturated heterocycles. The maximum Gasteiger partial charge on any atom is 0.344 e. The van der Waals surface area contributed by atoms with Gasteiger partial charge in [-0.2, -0.15) is 5.10 Å². The van der Waals surface area contributed by atoms with Gasteiger partial charge < -0.3 is 14.4 Å². The number of aromatic nitrogens is 1. The van der Waals surface area contributed by atoms with E-state index in [1.54, 1.807) is 36.4 Å². The Labute approximate surface area is 161 Å². The third-order valence-electron chi connectivity index (χ3n) is 3.95. The molecule has 1 aromatic heterocycles. The highest BCUT2D eigenvalue weighted by Gasteiger charge is 2.12. The molecule has 0 aliphatic rings. The summed E-state index contributed by atoms with van der Waals surface area (Å²) in [5.74, 6) is -0.916. The van der Waals surface area contributed by atoms with Gasteiger partial charge in [0, 0.05) is 12.4 Å². The number of hydrazone groups is 1. The lowest BCUT2D eigenvalue weighted by Gasteiger charge is -2.10. The smallest absolute Gasteiger partial charge is 0.344 e. The Bertz CT molecular complexity index is 979. The van der Waals surface area contributed by atoms with Gasteiger partial charge in [-0.15, -0.1) is 0 Å². The van der Waals surface area contributed by atoms with Crippen LogP contribution >= 0.6 is 0 Å². The Kier molecular flexibility index (Phi) is 5.86. The molecule has 28 heavy (non-hydrogen) atoms. The summed E-state index contributed by atoms with van der Waals surface area (Å²) in [5.41, 5.74) is 4.51. The monoisotopic (exact) mass is 377 g/mol. The molecule has 0 aliphatic heterocycles. The Morgan fingerprint density at radius 1 is 1.07 bits per heavy atom. The van der Waals surface area contributed by atoms with Crippen LogP contribution in [-0.4, -0.2) is 33.9 Å². The molecule has 0 saturated carbocycles. The van der Waals surface area contributed by atoms with Gasteiger partial charge in [0.25, 0.3) is 5.91 Å². The fourth-order valence-corrected chi connectivity index (χ4v) is 2.50. The summed E-state index contributed by atoms with van der Waals surface area (Å²) in [5, 5.41) is 12.8. The Morgan fingerprint density at radius 2 is 1.75 bits per heavy atom. The first-order valence-corrected chi connectivity index (χ1v) is 8.60. The van der Waals surface area contributed by atoms with Crippen LogP contribution < -0.4 is 10.2 Å². The number of carboxylic acids is 1. The van der Waals surface area contributed by atoms with Crippen LogP contribution in [0.1, 0.15) is 22.8 Å². The van der Waals surface area contributed by atoms with Crippen LogP contribution in [0.15, 0.2) is 78.2 Å². The van der Waals surface area contributed by atoms with Crippen molar-refractivity contribution >= 4 is 18.1 Å². The van der Waals surface area contributed by atoms with Crippen LogP contribution in [0.25, 0.3) is 5.69 Å². The van der Waals surface area contributed by atoms with E-state index in [0.717, 1.165) is 11.3 Å². The second-order valence-electron chi connectivity index (χ2n) is 5.97. The number of carbonyl (C=O) groups excluding carboxylic acids is 1. The predicted octanol–water partition coefficient (Wildman–Crippen LogP) is 3.09. The molecule has 1 atom stereocenters. The number of benzene rings is 2. The highest BCUT2D eigenvalue weighted by atomic mass is 16.5. The van der Waals surface area contributed by atoms with E-state index in [9.17, 15) is 9.59 Å². The molecular formula is C21H19N3O4. The van der Waals surface area contributed by atoms with Gasteiger partial charge in [0.1, 0.15) is 5.75 Å². The standard InChI is InChI=1S/C21H19N3O4/c1-15(21(26)27)28-17-10-8-16(9-11-17)14-22-23-20(25)18-6-2-3-7-19(18)24-12-4-5-13-24/h2-15H,1H3,(H,23,25)(H,26,27)/b22-14-/t15-/m0/s1. The van der Waals surface area contributed by atoms with Crippen molar-refractivity contribution in [1.82, 2.24) is 9.99 Å². The molecule has 142 valence electrons. The van der Waals surface area contributed by atoms with E-state index in [-0.39, 0.29) is 5.91 Å². The first-order chi connectivity index (χ1) is 13.5. The van der Waals surface area contributed by atoms with Crippen LogP contribution in [0.4, 0.5) is 0 Å². The van der Waals surface area contributed by atoms with E-state index in [2.05, 4.69) is 10.5 Å². The van der Waals surface area contributed by atoms with Crippen molar-refractivity contribution in [3.8, 4) is 11.4 Å². The number of carboxylic acid groups (broad SMARTS) is 1. The maximum atomic E-state index is 12.5. The largest absolute Gasteiger partial charge is 0.479 e. The third-order valence-corrected chi connectivity index (χ3v) is 3.95. The number of hydrogen-bond donors (Lipinski definition) is 2. The number of nitrogens with one attached hydrogen (secondary N) is 1. The summed E-state index contributed by atoms with van der Waals surface area (Å²) in [6, 6.07) is 17.7. The molecule has 0 bridgehead atoms. The van der Waals surface area contributed by atoms with Crippen LogP contribution in [0.3, 0.4) is 0 Å². The second-order valence-corrected chi connectivity index (χ2v) is 5.97. The van der Waals surface area contributed by atoms with Crippen LogP contribution in [0, 0.1) is 0 Å². The van der Waals surface area contributed by atoms with Crippen molar-refractivity contribution in [3.05, 3.63) is 84.2 Å². The Morgan fingerprint density at radius 3 is 2.43 bits per heavy atom. The normalized spacial score (nSPS) is 11.9. The topological polar surface area (TPSA) is 92.9 Å². The zero-order chi connectivity index (χ0) is 19.9. The summed E-state index contributed by atoms with van der Waals surface area (Å²) in [4.78, 5) is 23.3. The molecular weight excluding hydrogens is 358 g/mol.